The van der Waals surface area contributed by atoms with Crippen molar-refractivity contribution in [2.45, 2.75) is 52.2 Å². The maximum atomic E-state index is 14.8. The predicted octanol–water partition coefficient (Wildman–Crippen LogP) is 20.5. The van der Waals surface area contributed by atoms with Crippen LogP contribution in [0, 0.1) is 6.92 Å². The normalized spacial score (nSPS) is 12.3. The highest BCUT2D eigenvalue weighted by molar-refractivity contribution is 7.91. The van der Waals surface area contributed by atoms with Crippen molar-refractivity contribution >= 4 is 44.6 Å². The number of carbonyl (C=O) groups is 2. The number of carbonyl (C=O) groups excluding carboxylic acids is 2. The average molecular weight is 1350 g/mol. The Labute approximate surface area is 534 Å². The summed E-state index contributed by atoms with van der Waals surface area (Å²) in [6.45, 7) is 1.81. The van der Waals surface area contributed by atoms with Crippen LogP contribution in [-0.4, -0.2) is 51.8 Å². The minimum atomic E-state index is -5.83. The van der Waals surface area contributed by atoms with Crippen LogP contribution in [-0.2, 0) is 20.7 Å². The Kier molecular flexibility index (Phi) is 19.6. The second-order valence-electron chi connectivity index (χ2n) is 20.6. The fourth-order valence-electron chi connectivity index (χ4n) is 9.96. The SMILES string of the molecule is COc1ccc(C(c2ccc(Oc3ccc(C(=O)c4ccc(Cl)cc4)cc3)cc2)(C(F)(F)F)C(F)(F)F)cc1.Cc1ccc(S(=O)(=O)c2ccc(Oc3ccc(C(c4ccc(Oc5ccc(C(=O)c6ccc(Cl)cc6)cc5)cc4)(C(F)(F)F)C(F)(F)F)cc3)cc2)cc1. The molecule has 0 unspecified atom stereocenters. The Hall–Kier alpha value is -9.57. The molecule has 0 aliphatic heterocycles. The second-order valence-corrected chi connectivity index (χ2v) is 23.4. The summed E-state index contributed by atoms with van der Waals surface area (Å²) in [6, 6.07) is 49.5. The van der Waals surface area contributed by atoms with E-state index < -0.39 is 67.6 Å². The summed E-state index contributed by atoms with van der Waals surface area (Å²) in [5, 5.41) is 0.941. The average Bonchev–Trinajstić information content (AvgIpc) is 0.726. The molecule has 0 bridgehead atoms. The number of aryl methyl sites for hydroxylation is 1. The number of benzene rings is 10. The number of ketones is 2. The van der Waals surface area contributed by atoms with Crippen molar-refractivity contribution in [1.29, 1.82) is 0 Å². The van der Waals surface area contributed by atoms with Crippen LogP contribution in [0.25, 0.3) is 0 Å². The van der Waals surface area contributed by atoms with Gasteiger partial charge in [-0.3, -0.25) is 9.59 Å². The van der Waals surface area contributed by atoms with Gasteiger partial charge in [-0.05, 0) is 211 Å². The summed E-state index contributed by atoms with van der Waals surface area (Å²) < 4.78 is 222. The van der Waals surface area contributed by atoms with E-state index in [4.69, 9.17) is 42.1 Å². The van der Waals surface area contributed by atoms with Crippen LogP contribution in [0.3, 0.4) is 0 Å². The lowest BCUT2D eigenvalue weighted by atomic mass is 9.73. The molecule has 0 saturated carbocycles. The van der Waals surface area contributed by atoms with Crippen LogP contribution in [0.5, 0.6) is 40.2 Å². The van der Waals surface area contributed by atoms with Gasteiger partial charge < -0.3 is 18.9 Å². The number of rotatable bonds is 17. The highest BCUT2D eigenvalue weighted by Gasteiger charge is 2.73. The monoisotopic (exact) mass is 1340 g/mol. The summed E-state index contributed by atoms with van der Waals surface area (Å²) in [5.74, 6) is -0.0664. The van der Waals surface area contributed by atoms with E-state index in [1.54, 1.807) is 60.7 Å². The fourth-order valence-corrected chi connectivity index (χ4v) is 11.5. The number of ether oxygens (including phenoxy) is 4. The van der Waals surface area contributed by atoms with Crippen molar-refractivity contribution in [2.24, 2.45) is 0 Å². The quantitative estimate of drug-likeness (QED) is 0.0656. The smallest absolute Gasteiger partial charge is 0.411 e. The van der Waals surface area contributed by atoms with E-state index in [2.05, 4.69) is 0 Å². The van der Waals surface area contributed by atoms with Crippen LogP contribution in [0.15, 0.2) is 252 Å². The first kappa shape index (κ1) is 67.8. The largest absolute Gasteiger partial charge is 0.497 e. The number of hydrogen-bond acceptors (Lipinski definition) is 8. The fraction of sp³-hybridized carbons (Fsp3) is 0.114. The first-order valence-corrected chi connectivity index (χ1v) is 29.6. The highest BCUT2D eigenvalue weighted by atomic mass is 35.5. The van der Waals surface area contributed by atoms with Crippen molar-refractivity contribution in [3.05, 3.63) is 303 Å². The van der Waals surface area contributed by atoms with Gasteiger partial charge >= 0.3 is 24.7 Å². The number of methoxy groups -OCH3 is 1. The molecule has 0 amide bonds. The molecular formula is C70H46Cl2F12O8S. The molecule has 0 saturated heterocycles. The van der Waals surface area contributed by atoms with Crippen LogP contribution in [0.2, 0.25) is 10.0 Å². The molecule has 0 N–H and O–H groups in total. The van der Waals surface area contributed by atoms with E-state index in [-0.39, 0.29) is 61.6 Å². The lowest BCUT2D eigenvalue weighted by molar-refractivity contribution is -0.290. The van der Waals surface area contributed by atoms with E-state index >= 15 is 0 Å². The first-order valence-electron chi connectivity index (χ1n) is 27.3. The molecule has 0 fully saturated rings. The van der Waals surface area contributed by atoms with E-state index in [1.807, 2.05) is 6.92 Å². The Balaban J connectivity index is 0.000000231. The zero-order valence-electron chi connectivity index (χ0n) is 48.1. The first-order chi connectivity index (χ1) is 43.8. The third-order valence-electron chi connectivity index (χ3n) is 14.7. The summed E-state index contributed by atoms with van der Waals surface area (Å²) in [6.07, 6.45) is -23.1. The van der Waals surface area contributed by atoms with Gasteiger partial charge in [-0.2, -0.15) is 52.7 Å². The topological polar surface area (TPSA) is 105 Å². The van der Waals surface area contributed by atoms with Crippen molar-refractivity contribution < 1.29 is 89.6 Å². The Morgan fingerprint density at radius 3 is 0.753 bits per heavy atom. The van der Waals surface area contributed by atoms with Gasteiger partial charge in [-0.15, -0.1) is 0 Å². The van der Waals surface area contributed by atoms with Crippen LogP contribution in [0.4, 0.5) is 52.7 Å². The third-order valence-corrected chi connectivity index (χ3v) is 17.0. The van der Waals surface area contributed by atoms with Crippen molar-refractivity contribution in [3.63, 3.8) is 0 Å². The zero-order chi connectivity index (χ0) is 67.3. The van der Waals surface area contributed by atoms with Crippen LogP contribution >= 0.6 is 23.2 Å². The van der Waals surface area contributed by atoms with Gasteiger partial charge in [0.25, 0.3) is 0 Å². The van der Waals surface area contributed by atoms with Crippen molar-refractivity contribution in [1.82, 2.24) is 0 Å². The van der Waals surface area contributed by atoms with Crippen molar-refractivity contribution in [2.75, 3.05) is 7.11 Å². The Morgan fingerprint density at radius 2 is 0.516 bits per heavy atom. The van der Waals surface area contributed by atoms with E-state index in [9.17, 15) is 70.7 Å². The summed E-state index contributed by atoms with van der Waals surface area (Å²) in [4.78, 5) is 25.4. The third kappa shape index (κ3) is 14.4. The van der Waals surface area contributed by atoms with Gasteiger partial charge in [0.1, 0.15) is 40.2 Å². The van der Waals surface area contributed by atoms with Gasteiger partial charge in [0, 0.05) is 32.3 Å². The van der Waals surface area contributed by atoms with Gasteiger partial charge in [0.15, 0.2) is 11.6 Å². The molecule has 8 nitrogen and oxygen atoms in total. The van der Waals surface area contributed by atoms with Crippen molar-refractivity contribution in [3.8, 4) is 40.2 Å². The predicted molar refractivity (Wildman–Crippen MR) is 324 cm³/mol. The minimum absolute atomic E-state index is 0.00325. The molecule has 10 aromatic carbocycles. The molecule has 93 heavy (non-hydrogen) atoms. The molecule has 0 atom stereocenters. The molecule has 0 radical (unpaired) electrons. The summed E-state index contributed by atoms with van der Waals surface area (Å²) >= 11 is 11.7. The lowest BCUT2D eigenvalue weighted by Gasteiger charge is -2.38. The molecule has 0 aliphatic rings. The molecule has 0 spiro atoms. The van der Waals surface area contributed by atoms with E-state index in [0.717, 1.165) is 78.4 Å². The van der Waals surface area contributed by atoms with Gasteiger partial charge in [-0.1, -0.05) is 89.4 Å². The standard InChI is InChI=1S/C41H27ClF6O5S.C29H19ClF6O3/c1-26-2-22-36(23-3-26)54(50,51)37-24-20-35(21-25-37)53-34-18-10-30(11-19-34)39(40(43,44)45,41(46,47)48)29-8-16-33(17-9-29)52-32-14-6-28(7-15-32)38(49)27-4-12-31(42)13-5-27;1-38-23-14-6-20(7-15-23)27(28(31,32)33,29(34,35)36)21-8-16-25(17-9-21)39-24-12-4-19(5-13-24)26(37)18-2-10-22(30)11-3-18/h2-25H,1H3;2-17H,1H3. The highest BCUT2D eigenvalue weighted by Crippen LogP contribution is 2.58. The van der Waals surface area contributed by atoms with Crippen LogP contribution < -0.4 is 18.9 Å². The number of alkyl halides is 12. The molecule has 0 aromatic heterocycles. The molecule has 10 aromatic rings. The maximum Gasteiger partial charge on any atom is 0.411 e. The lowest BCUT2D eigenvalue weighted by Crippen LogP contribution is -2.54. The van der Waals surface area contributed by atoms with E-state index in [1.165, 1.54) is 92.0 Å². The Morgan fingerprint density at radius 1 is 0.312 bits per heavy atom. The molecule has 0 heterocycles. The van der Waals surface area contributed by atoms with Gasteiger partial charge in [0.05, 0.1) is 16.9 Å². The Bertz CT molecular complexity index is 4310. The number of hydrogen-bond donors (Lipinski definition) is 0. The molecule has 478 valence electrons. The van der Waals surface area contributed by atoms with Gasteiger partial charge in [0.2, 0.25) is 20.7 Å². The molecular weight excluding hydrogens is 1300 g/mol. The zero-order valence-corrected chi connectivity index (χ0v) is 50.4. The maximum absolute atomic E-state index is 14.8. The minimum Gasteiger partial charge on any atom is -0.497 e. The summed E-state index contributed by atoms with van der Waals surface area (Å²) in [7, 11) is -2.60. The molecule has 10 rings (SSSR count). The van der Waals surface area contributed by atoms with E-state index in [0.29, 0.717) is 56.6 Å². The van der Waals surface area contributed by atoms with Gasteiger partial charge in [-0.25, -0.2) is 8.42 Å². The second kappa shape index (κ2) is 26.9. The molecule has 23 heteroatoms. The number of sulfone groups is 1. The number of halogens is 14. The molecule has 0 aliphatic carbocycles. The summed E-state index contributed by atoms with van der Waals surface area (Å²) in [5.41, 5.74) is -10.6. The van der Waals surface area contributed by atoms with Crippen LogP contribution in [0.1, 0.15) is 59.7 Å².